The number of alkyl halides is 1. The van der Waals surface area contributed by atoms with E-state index in [0.717, 1.165) is 94.3 Å². The summed E-state index contributed by atoms with van der Waals surface area (Å²) in [6, 6.07) is 0. The molecule has 0 radical (unpaired) electrons. The second-order valence-corrected chi connectivity index (χ2v) is 19.1. The van der Waals surface area contributed by atoms with Crippen molar-refractivity contribution in [1.82, 2.24) is 0 Å². The maximum absolute atomic E-state index is 14.3. The Hall–Kier alpha value is 1.30. The molecule has 0 bridgehead atoms. The van der Waals surface area contributed by atoms with Gasteiger partial charge in [0.05, 0.1) is 17.0 Å². The van der Waals surface area contributed by atoms with Crippen molar-refractivity contribution in [2.75, 3.05) is 4.43 Å². The van der Waals surface area contributed by atoms with Gasteiger partial charge in [-0.2, -0.15) is 0 Å². The zero-order valence-electron chi connectivity index (χ0n) is 20.2. The van der Waals surface area contributed by atoms with E-state index in [1.54, 1.807) is 0 Å². The van der Waals surface area contributed by atoms with Gasteiger partial charge in [-0.3, -0.25) is 13.7 Å². The van der Waals surface area contributed by atoms with E-state index in [9.17, 15) is 13.7 Å². The Bertz CT molecular complexity index is 675. The maximum Gasteiger partial charge on any atom is 0.348 e. The smallest absolute Gasteiger partial charge is 0.259 e. The van der Waals surface area contributed by atoms with Gasteiger partial charge in [0, 0.05) is 4.43 Å². The van der Waals surface area contributed by atoms with Crippen LogP contribution in [0, 0.1) is 17.8 Å². The van der Waals surface area contributed by atoms with E-state index in [1.807, 2.05) is 0 Å². The summed E-state index contributed by atoms with van der Waals surface area (Å²) < 4.78 is 61.9. The van der Waals surface area contributed by atoms with Gasteiger partial charge in [0.25, 0.3) is 0 Å². The fourth-order valence-corrected chi connectivity index (χ4v) is 18.1. The maximum atomic E-state index is 14.3. The standard InChI is InChI=1S/C23H42IO6P3/c1-3-18-5-11-21(12-6-18)31(25)28-32(26,22-13-7-19(4-2)8-14-22)30-33(27,29-31)23-15-9-20(17-24)10-16-23/h18-23H,3-17H2,1-2H3. The minimum Gasteiger partial charge on any atom is -0.259 e. The molecule has 3 saturated carbocycles. The predicted octanol–water partition coefficient (Wildman–Crippen LogP) is 9.56. The monoisotopic (exact) mass is 634 g/mol. The molecule has 3 aliphatic carbocycles. The SMILES string of the molecule is CCC1CCC(P2(=O)OP(=O)(C3CCC(CC)CC3)OP(=O)(C3CCC(CI)CC3)O2)CC1. The van der Waals surface area contributed by atoms with E-state index in [1.165, 1.54) is 0 Å². The summed E-state index contributed by atoms with van der Waals surface area (Å²) in [7, 11) is -11.4. The molecule has 2 atom stereocenters. The minimum atomic E-state index is -3.80. The van der Waals surface area contributed by atoms with Crippen molar-refractivity contribution < 1.29 is 26.6 Å². The van der Waals surface area contributed by atoms with Gasteiger partial charge >= 0.3 is 22.8 Å². The lowest BCUT2D eigenvalue weighted by Crippen LogP contribution is -2.29. The topological polar surface area (TPSA) is 78.9 Å². The molecule has 0 aromatic heterocycles. The van der Waals surface area contributed by atoms with Crippen LogP contribution in [0.5, 0.6) is 0 Å². The van der Waals surface area contributed by atoms with Crippen LogP contribution in [0.2, 0.25) is 0 Å². The van der Waals surface area contributed by atoms with Crippen LogP contribution >= 0.6 is 45.4 Å². The zero-order chi connectivity index (χ0) is 23.7. The molecule has 1 saturated heterocycles. The van der Waals surface area contributed by atoms with Gasteiger partial charge in [-0.15, -0.1) is 0 Å². The Balaban J connectivity index is 1.59. The molecule has 0 N–H and O–H groups in total. The molecule has 10 heteroatoms. The van der Waals surface area contributed by atoms with Crippen molar-refractivity contribution in [1.29, 1.82) is 0 Å². The Kier molecular flexibility index (Phi) is 9.41. The summed E-state index contributed by atoms with van der Waals surface area (Å²) in [6.07, 6.45) is 12.3. The summed E-state index contributed by atoms with van der Waals surface area (Å²) in [5.41, 5.74) is -0.951. The second kappa shape index (κ2) is 11.4. The summed E-state index contributed by atoms with van der Waals surface area (Å²) in [4.78, 5) is 0. The molecule has 4 rings (SSSR count). The third-order valence-corrected chi connectivity index (χ3v) is 19.8. The highest BCUT2D eigenvalue weighted by Crippen LogP contribution is 2.87. The molecule has 2 unspecified atom stereocenters. The lowest BCUT2D eigenvalue weighted by atomic mass is 9.87. The minimum absolute atomic E-state index is 0.316. The van der Waals surface area contributed by atoms with Gasteiger partial charge in [-0.05, 0) is 94.8 Å². The van der Waals surface area contributed by atoms with E-state index in [4.69, 9.17) is 12.9 Å². The number of hydrogen-bond acceptors (Lipinski definition) is 6. The number of halogens is 1. The van der Waals surface area contributed by atoms with Crippen LogP contribution in [0.4, 0.5) is 0 Å². The third-order valence-electron chi connectivity index (χ3n) is 8.85. The molecular weight excluding hydrogens is 592 g/mol. The molecule has 0 spiro atoms. The van der Waals surface area contributed by atoms with Gasteiger partial charge < -0.3 is 0 Å². The number of rotatable bonds is 6. The lowest BCUT2D eigenvalue weighted by molar-refractivity contribution is 0.229. The highest BCUT2D eigenvalue weighted by Gasteiger charge is 2.61. The lowest BCUT2D eigenvalue weighted by Gasteiger charge is -2.45. The third kappa shape index (κ3) is 6.07. The largest absolute Gasteiger partial charge is 0.348 e. The van der Waals surface area contributed by atoms with Gasteiger partial charge in [-0.1, -0.05) is 49.3 Å². The van der Waals surface area contributed by atoms with Crippen molar-refractivity contribution in [2.24, 2.45) is 17.8 Å². The van der Waals surface area contributed by atoms with E-state index in [0.29, 0.717) is 17.8 Å². The Morgan fingerprint density at radius 2 is 0.818 bits per heavy atom. The summed E-state index contributed by atoms with van der Waals surface area (Å²) >= 11 is 2.41. The van der Waals surface area contributed by atoms with Gasteiger partial charge in [-0.25, -0.2) is 12.9 Å². The zero-order valence-corrected chi connectivity index (χ0v) is 25.1. The second-order valence-electron chi connectivity index (χ2n) is 10.9. The van der Waals surface area contributed by atoms with E-state index in [2.05, 4.69) is 36.4 Å². The predicted molar refractivity (Wildman–Crippen MR) is 143 cm³/mol. The molecule has 4 fully saturated rings. The first-order chi connectivity index (χ1) is 15.7. The Labute approximate surface area is 214 Å². The molecule has 192 valence electrons. The molecule has 0 aromatic rings. The molecule has 33 heavy (non-hydrogen) atoms. The van der Waals surface area contributed by atoms with E-state index < -0.39 is 22.8 Å². The molecule has 6 nitrogen and oxygen atoms in total. The van der Waals surface area contributed by atoms with Crippen LogP contribution in [0.1, 0.15) is 104 Å². The Morgan fingerprint density at radius 1 is 0.545 bits per heavy atom. The van der Waals surface area contributed by atoms with Crippen molar-refractivity contribution in [3.8, 4) is 0 Å². The van der Waals surface area contributed by atoms with Crippen LogP contribution in [0.15, 0.2) is 0 Å². The molecular formula is C23H42IO6P3. The highest BCUT2D eigenvalue weighted by atomic mass is 127. The highest BCUT2D eigenvalue weighted by molar-refractivity contribution is 14.1. The van der Waals surface area contributed by atoms with E-state index >= 15 is 0 Å². The molecule has 0 aromatic carbocycles. The van der Waals surface area contributed by atoms with Crippen LogP contribution in [0.3, 0.4) is 0 Å². The van der Waals surface area contributed by atoms with Crippen LogP contribution in [-0.4, -0.2) is 21.4 Å². The van der Waals surface area contributed by atoms with Crippen molar-refractivity contribution in [3.63, 3.8) is 0 Å². The van der Waals surface area contributed by atoms with Crippen LogP contribution < -0.4 is 0 Å². The van der Waals surface area contributed by atoms with Crippen LogP contribution in [-0.2, 0) is 26.6 Å². The van der Waals surface area contributed by atoms with Gasteiger partial charge in [0.2, 0.25) is 0 Å². The summed E-state index contributed by atoms with van der Waals surface area (Å²) in [5, 5.41) is 0. The quantitative estimate of drug-likeness (QED) is 0.165. The average molecular weight is 634 g/mol. The van der Waals surface area contributed by atoms with Gasteiger partial charge in [0.15, 0.2) is 0 Å². The van der Waals surface area contributed by atoms with E-state index in [-0.39, 0.29) is 17.0 Å². The normalized spacial score (nSPS) is 49.5. The first-order valence-electron chi connectivity index (χ1n) is 13.2. The van der Waals surface area contributed by atoms with Crippen LogP contribution in [0.25, 0.3) is 0 Å². The molecule has 0 amide bonds. The summed E-state index contributed by atoms with van der Waals surface area (Å²) in [5.74, 6) is 1.86. The van der Waals surface area contributed by atoms with Crippen molar-refractivity contribution in [2.45, 2.75) is 121 Å². The van der Waals surface area contributed by atoms with Crippen molar-refractivity contribution in [3.05, 3.63) is 0 Å². The first kappa shape index (κ1) is 27.3. The fourth-order valence-electron chi connectivity index (χ4n) is 6.27. The molecule has 1 heterocycles. The first-order valence-corrected chi connectivity index (χ1v) is 19.6. The molecule has 4 aliphatic rings. The Morgan fingerprint density at radius 3 is 1.06 bits per heavy atom. The fraction of sp³-hybridized carbons (Fsp3) is 1.00. The van der Waals surface area contributed by atoms with Gasteiger partial charge in [0.1, 0.15) is 0 Å². The molecule has 1 aliphatic heterocycles. The number of hydrogen-bond donors (Lipinski definition) is 0. The van der Waals surface area contributed by atoms with Crippen molar-refractivity contribution >= 4 is 45.4 Å². The summed E-state index contributed by atoms with van der Waals surface area (Å²) in [6.45, 7) is 4.38. The average Bonchev–Trinajstić information content (AvgIpc) is 2.83.